The van der Waals surface area contributed by atoms with Crippen LogP contribution in [-0.2, 0) is 6.42 Å². The van der Waals surface area contributed by atoms with Crippen LogP contribution in [0.5, 0.6) is 0 Å². The number of fused-ring (bicyclic) bond motifs is 1. The summed E-state index contributed by atoms with van der Waals surface area (Å²) in [6.45, 7) is 2.13. The second-order valence-electron chi connectivity index (χ2n) is 4.63. The van der Waals surface area contributed by atoms with Crippen LogP contribution in [0.2, 0.25) is 0 Å². The van der Waals surface area contributed by atoms with Crippen LogP contribution < -0.4 is 11.1 Å². The van der Waals surface area contributed by atoms with Crippen molar-refractivity contribution in [1.29, 1.82) is 0 Å². The van der Waals surface area contributed by atoms with E-state index in [-0.39, 0.29) is 0 Å². The Morgan fingerprint density at radius 2 is 1.90 bits per heavy atom. The van der Waals surface area contributed by atoms with Gasteiger partial charge in [0.1, 0.15) is 5.82 Å². The molecule has 3 aromatic rings. The number of nitrogens with one attached hydrogen (secondary N) is 1. The van der Waals surface area contributed by atoms with Crippen molar-refractivity contribution in [2.45, 2.75) is 13.3 Å². The first-order chi connectivity index (χ1) is 9.76. The van der Waals surface area contributed by atoms with Crippen LogP contribution in [0.4, 0.5) is 17.5 Å². The minimum atomic E-state index is 0.491. The Morgan fingerprint density at radius 1 is 1.05 bits per heavy atom. The van der Waals surface area contributed by atoms with Crippen LogP contribution in [0.25, 0.3) is 10.9 Å². The highest BCUT2D eigenvalue weighted by Gasteiger charge is 2.05. The molecule has 0 fully saturated rings. The van der Waals surface area contributed by atoms with Gasteiger partial charge in [-0.15, -0.1) is 0 Å². The maximum atomic E-state index is 5.98. The maximum absolute atomic E-state index is 5.98. The van der Waals surface area contributed by atoms with Gasteiger partial charge in [-0.3, -0.25) is 0 Å². The molecule has 2 aromatic carbocycles. The van der Waals surface area contributed by atoms with E-state index >= 15 is 0 Å². The molecular formula is C16H16N4. The summed E-state index contributed by atoms with van der Waals surface area (Å²) in [6, 6.07) is 15.9. The van der Waals surface area contributed by atoms with Crippen LogP contribution in [0.15, 0.2) is 48.5 Å². The van der Waals surface area contributed by atoms with Crippen molar-refractivity contribution in [3.8, 4) is 0 Å². The van der Waals surface area contributed by atoms with E-state index < -0.39 is 0 Å². The Hall–Kier alpha value is -2.62. The van der Waals surface area contributed by atoms with Crippen LogP contribution in [0.3, 0.4) is 0 Å². The number of nitrogens with zero attached hydrogens (tertiary/aromatic N) is 2. The van der Waals surface area contributed by atoms with Crippen molar-refractivity contribution >= 4 is 28.4 Å². The van der Waals surface area contributed by atoms with Gasteiger partial charge in [-0.25, -0.2) is 4.98 Å². The van der Waals surface area contributed by atoms with Crippen molar-refractivity contribution in [3.63, 3.8) is 0 Å². The summed E-state index contributed by atoms with van der Waals surface area (Å²) in [4.78, 5) is 8.79. The first-order valence-electron chi connectivity index (χ1n) is 6.64. The monoisotopic (exact) mass is 264 g/mol. The molecule has 0 saturated carbocycles. The second kappa shape index (κ2) is 5.17. The van der Waals surface area contributed by atoms with E-state index in [1.54, 1.807) is 0 Å². The number of nitrogens with two attached hydrogens (primary N) is 1. The first-order valence-corrected chi connectivity index (χ1v) is 6.64. The Kier molecular flexibility index (Phi) is 3.21. The van der Waals surface area contributed by atoms with E-state index in [9.17, 15) is 0 Å². The molecule has 3 rings (SSSR count). The summed E-state index contributed by atoms with van der Waals surface area (Å²) < 4.78 is 0. The summed E-state index contributed by atoms with van der Waals surface area (Å²) in [7, 11) is 0. The van der Waals surface area contributed by atoms with Gasteiger partial charge in [0, 0.05) is 11.1 Å². The topological polar surface area (TPSA) is 63.8 Å². The fraction of sp³-hybridized carbons (Fsp3) is 0.125. The standard InChI is InChI=1S/C16H16N4/c1-2-11-6-5-7-12(10-11)18-16-19-14-9-4-3-8-13(14)15(17)20-16/h3-10H,2H2,1H3,(H3,17,18,19,20). The molecule has 1 aromatic heterocycles. The summed E-state index contributed by atoms with van der Waals surface area (Å²) in [5.41, 5.74) is 9.06. The Balaban J connectivity index is 1.98. The van der Waals surface area contributed by atoms with Gasteiger partial charge in [0.05, 0.1) is 5.52 Å². The van der Waals surface area contributed by atoms with E-state index in [0.717, 1.165) is 23.0 Å². The van der Waals surface area contributed by atoms with Crippen LogP contribution in [0, 0.1) is 0 Å². The van der Waals surface area contributed by atoms with Crippen molar-refractivity contribution in [1.82, 2.24) is 9.97 Å². The van der Waals surface area contributed by atoms with E-state index in [2.05, 4.69) is 34.3 Å². The molecule has 0 atom stereocenters. The normalized spacial score (nSPS) is 10.7. The smallest absolute Gasteiger partial charge is 0.229 e. The minimum absolute atomic E-state index is 0.491. The SMILES string of the molecule is CCc1cccc(Nc2nc(N)c3ccccc3n2)c1. The van der Waals surface area contributed by atoms with Crippen molar-refractivity contribution in [3.05, 3.63) is 54.1 Å². The van der Waals surface area contributed by atoms with Gasteiger partial charge in [0.25, 0.3) is 0 Å². The lowest BCUT2D eigenvalue weighted by molar-refractivity contribution is 1.14. The lowest BCUT2D eigenvalue weighted by atomic mass is 10.1. The predicted molar refractivity (Wildman–Crippen MR) is 83.1 cm³/mol. The molecule has 0 spiro atoms. The van der Waals surface area contributed by atoms with Gasteiger partial charge < -0.3 is 11.1 Å². The molecule has 0 saturated heterocycles. The summed E-state index contributed by atoms with van der Waals surface area (Å²) in [6.07, 6.45) is 0.996. The molecule has 4 heteroatoms. The molecule has 100 valence electrons. The Labute approximate surface area is 117 Å². The molecule has 0 aliphatic rings. The molecule has 4 nitrogen and oxygen atoms in total. The largest absolute Gasteiger partial charge is 0.383 e. The lowest BCUT2D eigenvalue weighted by Crippen LogP contribution is -2.01. The van der Waals surface area contributed by atoms with Crippen molar-refractivity contribution < 1.29 is 0 Å². The van der Waals surface area contributed by atoms with Gasteiger partial charge in [-0.2, -0.15) is 4.98 Å². The maximum Gasteiger partial charge on any atom is 0.229 e. The molecule has 0 radical (unpaired) electrons. The van der Waals surface area contributed by atoms with E-state index in [4.69, 9.17) is 5.73 Å². The lowest BCUT2D eigenvalue weighted by Gasteiger charge is -2.08. The molecule has 1 heterocycles. The molecule has 0 unspecified atom stereocenters. The van der Waals surface area contributed by atoms with Crippen molar-refractivity contribution in [2.75, 3.05) is 11.1 Å². The molecule has 0 aliphatic carbocycles. The van der Waals surface area contributed by atoms with Gasteiger partial charge in [-0.05, 0) is 36.2 Å². The number of nitrogen functional groups attached to an aromatic ring is 1. The van der Waals surface area contributed by atoms with Gasteiger partial charge in [0.15, 0.2) is 0 Å². The van der Waals surface area contributed by atoms with Crippen LogP contribution >= 0.6 is 0 Å². The van der Waals surface area contributed by atoms with E-state index in [1.807, 2.05) is 36.4 Å². The third-order valence-electron chi connectivity index (χ3n) is 3.22. The number of benzene rings is 2. The second-order valence-corrected chi connectivity index (χ2v) is 4.63. The zero-order valence-electron chi connectivity index (χ0n) is 11.3. The quantitative estimate of drug-likeness (QED) is 0.759. The summed E-state index contributed by atoms with van der Waals surface area (Å²) in [5.74, 6) is 1.01. The van der Waals surface area contributed by atoms with Crippen molar-refractivity contribution in [2.24, 2.45) is 0 Å². The number of hydrogen-bond acceptors (Lipinski definition) is 4. The number of hydrogen-bond donors (Lipinski definition) is 2. The highest BCUT2D eigenvalue weighted by atomic mass is 15.1. The number of anilines is 3. The highest BCUT2D eigenvalue weighted by molar-refractivity contribution is 5.89. The van der Waals surface area contributed by atoms with Gasteiger partial charge >= 0.3 is 0 Å². The Morgan fingerprint density at radius 3 is 2.75 bits per heavy atom. The molecule has 0 amide bonds. The highest BCUT2D eigenvalue weighted by Crippen LogP contribution is 2.21. The summed E-state index contributed by atoms with van der Waals surface area (Å²) >= 11 is 0. The van der Waals surface area contributed by atoms with Gasteiger partial charge in [-0.1, -0.05) is 31.2 Å². The van der Waals surface area contributed by atoms with Crippen LogP contribution in [0.1, 0.15) is 12.5 Å². The molecule has 0 bridgehead atoms. The zero-order chi connectivity index (χ0) is 13.9. The van der Waals surface area contributed by atoms with Crippen LogP contribution in [-0.4, -0.2) is 9.97 Å². The fourth-order valence-electron chi connectivity index (χ4n) is 2.16. The third-order valence-corrected chi connectivity index (χ3v) is 3.22. The number of rotatable bonds is 3. The van der Waals surface area contributed by atoms with E-state index in [0.29, 0.717) is 11.8 Å². The zero-order valence-corrected chi connectivity index (χ0v) is 11.3. The molecule has 3 N–H and O–H groups in total. The number of aromatic nitrogens is 2. The number of aryl methyl sites for hydroxylation is 1. The molecular weight excluding hydrogens is 248 g/mol. The Bertz CT molecular complexity index is 752. The summed E-state index contributed by atoms with van der Waals surface area (Å²) in [5, 5.41) is 4.08. The van der Waals surface area contributed by atoms with E-state index in [1.165, 1.54) is 5.56 Å². The minimum Gasteiger partial charge on any atom is -0.383 e. The predicted octanol–water partition coefficient (Wildman–Crippen LogP) is 3.52. The fourth-order valence-corrected chi connectivity index (χ4v) is 2.16. The third kappa shape index (κ3) is 2.40. The molecule has 0 aliphatic heterocycles. The average Bonchev–Trinajstić information content (AvgIpc) is 2.47. The van der Waals surface area contributed by atoms with Gasteiger partial charge in [0.2, 0.25) is 5.95 Å². The average molecular weight is 264 g/mol. The number of para-hydroxylation sites is 1. The first kappa shape index (κ1) is 12.4. The molecule has 20 heavy (non-hydrogen) atoms.